The van der Waals surface area contributed by atoms with Gasteiger partial charge in [-0.1, -0.05) is 24.3 Å². The summed E-state index contributed by atoms with van der Waals surface area (Å²) in [4.78, 5) is 26.4. The molecule has 0 saturated carbocycles. The lowest BCUT2D eigenvalue weighted by Gasteiger charge is -2.14. The SMILES string of the molecule is Cn1cc(Br)c(-c2cccc(N3C(=O)c4ccccc4C3=O)c2)n1. The second kappa shape index (κ2) is 5.42. The van der Waals surface area contributed by atoms with E-state index in [-0.39, 0.29) is 11.8 Å². The molecule has 0 aliphatic carbocycles. The van der Waals surface area contributed by atoms with E-state index in [0.717, 1.165) is 15.7 Å². The number of rotatable bonds is 2. The van der Waals surface area contributed by atoms with Crippen molar-refractivity contribution in [2.24, 2.45) is 7.05 Å². The van der Waals surface area contributed by atoms with E-state index in [0.29, 0.717) is 16.8 Å². The molecule has 0 unspecified atom stereocenters. The summed E-state index contributed by atoms with van der Waals surface area (Å²) in [6, 6.07) is 14.1. The van der Waals surface area contributed by atoms with Gasteiger partial charge in [-0.25, -0.2) is 4.90 Å². The van der Waals surface area contributed by atoms with Crippen LogP contribution in [-0.4, -0.2) is 21.6 Å². The van der Waals surface area contributed by atoms with E-state index in [1.165, 1.54) is 4.90 Å². The highest BCUT2D eigenvalue weighted by Gasteiger charge is 2.36. The van der Waals surface area contributed by atoms with Crippen molar-refractivity contribution in [2.45, 2.75) is 0 Å². The highest BCUT2D eigenvalue weighted by atomic mass is 79.9. The molecule has 2 amide bonds. The van der Waals surface area contributed by atoms with E-state index in [9.17, 15) is 9.59 Å². The fraction of sp³-hybridized carbons (Fsp3) is 0.0556. The van der Waals surface area contributed by atoms with E-state index < -0.39 is 0 Å². The molecule has 0 fully saturated rings. The van der Waals surface area contributed by atoms with Crippen molar-refractivity contribution in [3.63, 3.8) is 0 Å². The van der Waals surface area contributed by atoms with Crippen molar-refractivity contribution in [3.8, 4) is 11.3 Å². The van der Waals surface area contributed by atoms with Crippen LogP contribution in [0.15, 0.2) is 59.2 Å². The monoisotopic (exact) mass is 381 g/mol. The Hall–Kier alpha value is -2.73. The predicted octanol–water partition coefficient (Wildman–Crippen LogP) is 3.65. The summed E-state index contributed by atoms with van der Waals surface area (Å²) < 4.78 is 2.55. The van der Waals surface area contributed by atoms with E-state index in [4.69, 9.17) is 0 Å². The minimum atomic E-state index is -0.298. The first-order chi connectivity index (χ1) is 11.6. The maximum absolute atomic E-state index is 12.6. The summed E-state index contributed by atoms with van der Waals surface area (Å²) in [5, 5.41) is 4.41. The van der Waals surface area contributed by atoms with Crippen molar-refractivity contribution in [3.05, 3.63) is 70.3 Å². The lowest BCUT2D eigenvalue weighted by atomic mass is 10.1. The molecule has 5 nitrogen and oxygen atoms in total. The van der Waals surface area contributed by atoms with Gasteiger partial charge in [-0.3, -0.25) is 14.3 Å². The Bertz CT molecular complexity index is 958. The molecule has 24 heavy (non-hydrogen) atoms. The number of nitrogens with zero attached hydrogens (tertiary/aromatic N) is 3. The van der Waals surface area contributed by atoms with Gasteiger partial charge in [-0.2, -0.15) is 5.10 Å². The number of hydrogen-bond donors (Lipinski definition) is 0. The van der Waals surface area contributed by atoms with Gasteiger partial charge in [0.05, 0.1) is 21.3 Å². The zero-order valence-electron chi connectivity index (χ0n) is 12.7. The second-order valence-corrected chi connectivity index (χ2v) is 6.40. The molecule has 2 heterocycles. The molecule has 4 rings (SSSR count). The number of anilines is 1. The van der Waals surface area contributed by atoms with Gasteiger partial charge in [0, 0.05) is 18.8 Å². The summed E-state index contributed by atoms with van der Waals surface area (Å²) in [7, 11) is 1.84. The van der Waals surface area contributed by atoms with Crippen LogP contribution in [0.25, 0.3) is 11.3 Å². The van der Waals surface area contributed by atoms with E-state index in [1.807, 2.05) is 25.4 Å². The van der Waals surface area contributed by atoms with Crippen LogP contribution in [0, 0.1) is 0 Å². The van der Waals surface area contributed by atoms with Crippen molar-refractivity contribution in [1.29, 1.82) is 0 Å². The summed E-state index contributed by atoms with van der Waals surface area (Å²) >= 11 is 3.48. The Morgan fingerprint density at radius 3 is 2.21 bits per heavy atom. The molecule has 0 atom stereocenters. The second-order valence-electron chi connectivity index (χ2n) is 5.54. The van der Waals surface area contributed by atoms with Crippen LogP contribution in [0.5, 0.6) is 0 Å². The van der Waals surface area contributed by atoms with Crippen molar-refractivity contribution >= 4 is 33.4 Å². The molecular weight excluding hydrogens is 370 g/mol. The number of benzene rings is 2. The third kappa shape index (κ3) is 2.18. The van der Waals surface area contributed by atoms with Crippen molar-refractivity contribution in [1.82, 2.24) is 9.78 Å². The molecule has 2 aromatic carbocycles. The van der Waals surface area contributed by atoms with E-state index >= 15 is 0 Å². The lowest BCUT2D eigenvalue weighted by molar-refractivity contribution is 0.0926. The number of aromatic nitrogens is 2. The Labute approximate surface area is 146 Å². The summed E-state index contributed by atoms with van der Waals surface area (Å²) in [6.45, 7) is 0. The standard InChI is InChI=1S/C18H12BrN3O2/c1-21-10-15(19)16(20-21)11-5-4-6-12(9-11)22-17(23)13-7-2-3-8-14(13)18(22)24/h2-10H,1H3. The van der Waals surface area contributed by atoms with Crippen LogP contribution in [0.2, 0.25) is 0 Å². The van der Waals surface area contributed by atoms with Crippen LogP contribution >= 0.6 is 15.9 Å². The Balaban J connectivity index is 1.79. The Morgan fingerprint density at radius 2 is 1.62 bits per heavy atom. The molecule has 1 aliphatic rings. The quantitative estimate of drug-likeness (QED) is 0.636. The van der Waals surface area contributed by atoms with Crippen molar-refractivity contribution in [2.75, 3.05) is 4.90 Å². The fourth-order valence-electron chi connectivity index (χ4n) is 2.87. The maximum atomic E-state index is 12.6. The molecule has 3 aromatic rings. The highest BCUT2D eigenvalue weighted by molar-refractivity contribution is 9.10. The van der Waals surface area contributed by atoms with Crippen LogP contribution in [0.3, 0.4) is 0 Å². The number of aryl methyl sites for hydroxylation is 1. The van der Waals surface area contributed by atoms with Gasteiger partial charge in [0.25, 0.3) is 11.8 Å². The number of fused-ring (bicyclic) bond motifs is 1. The van der Waals surface area contributed by atoms with E-state index in [1.54, 1.807) is 41.1 Å². The van der Waals surface area contributed by atoms with Gasteiger partial charge < -0.3 is 0 Å². The topological polar surface area (TPSA) is 55.2 Å². The summed E-state index contributed by atoms with van der Waals surface area (Å²) in [5.41, 5.74) is 3.00. The predicted molar refractivity (Wildman–Crippen MR) is 93.9 cm³/mol. The van der Waals surface area contributed by atoms with Gasteiger partial charge in [-0.15, -0.1) is 0 Å². The first kappa shape index (κ1) is 14.8. The first-order valence-electron chi connectivity index (χ1n) is 7.33. The first-order valence-corrected chi connectivity index (χ1v) is 8.13. The average molecular weight is 382 g/mol. The van der Waals surface area contributed by atoms with Crippen molar-refractivity contribution < 1.29 is 9.59 Å². The summed E-state index contributed by atoms with van der Waals surface area (Å²) in [5.74, 6) is -0.597. The number of halogens is 1. The average Bonchev–Trinajstić information content (AvgIpc) is 3.05. The molecule has 0 saturated heterocycles. The van der Waals surface area contributed by atoms with Gasteiger partial charge in [0.2, 0.25) is 0 Å². The maximum Gasteiger partial charge on any atom is 0.266 e. The van der Waals surface area contributed by atoms with Gasteiger partial charge in [0.15, 0.2) is 0 Å². The fourth-order valence-corrected chi connectivity index (χ4v) is 3.48. The van der Waals surface area contributed by atoms with Crippen LogP contribution in [-0.2, 0) is 7.05 Å². The van der Waals surface area contributed by atoms with Gasteiger partial charge >= 0.3 is 0 Å². The largest absolute Gasteiger partial charge is 0.274 e. The number of hydrogen-bond acceptors (Lipinski definition) is 3. The molecule has 1 aliphatic heterocycles. The van der Waals surface area contributed by atoms with Gasteiger partial charge in [0.1, 0.15) is 5.69 Å². The molecule has 0 spiro atoms. The molecule has 0 radical (unpaired) electrons. The number of carbonyl (C=O) groups excluding carboxylic acids is 2. The third-order valence-electron chi connectivity index (χ3n) is 3.96. The van der Waals surface area contributed by atoms with Gasteiger partial charge in [-0.05, 0) is 40.2 Å². The minimum Gasteiger partial charge on any atom is -0.274 e. The summed E-state index contributed by atoms with van der Waals surface area (Å²) in [6.07, 6.45) is 1.85. The normalized spacial score (nSPS) is 13.5. The molecule has 0 bridgehead atoms. The molecule has 118 valence electrons. The highest BCUT2D eigenvalue weighted by Crippen LogP contribution is 2.32. The molecule has 0 N–H and O–H groups in total. The molecule has 6 heteroatoms. The zero-order valence-corrected chi connectivity index (χ0v) is 14.3. The number of imide groups is 1. The molecule has 1 aromatic heterocycles. The Morgan fingerprint density at radius 1 is 0.958 bits per heavy atom. The Kier molecular flexibility index (Phi) is 3.35. The number of amides is 2. The van der Waals surface area contributed by atoms with E-state index in [2.05, 4.69) is 21.0 Å². The smallest absolute Gasteiger partial charge is 0.266 e. The lowest BCUT2D eigenvalue weighted by Crippen LogP contribution is -2.29. The number of carbonyl (C=O) groups is 2. The zero-order chi connectivity index (χ0) is 16.8. The van der Waals surface area contributed by atoms with Crippen LogP contribution < -0.4 is 4.90 Å². The minimum absolute atomic E-state index is 0.298. The van der Waals surface area contributed by atoms with Crippen LogP contribution in [0.4, 0.5) is 5.69 Å². The van der Waals surface area contributed by atoms with Crippen LogP contribution in [0.1, 0.15) is 20.7 Å². The third-order valence-corrected chi connectivity index (χ3v) is 4.54. The molecular formula is C18H12BrN3O2.